The third-order valence-corrected chi connectivity index (χ3v) is 3.12. The largest absolute Gasteiger partial charge is 0.337 e. The molecule has 3 nitrogen and oxygen atoms in total. The molecule has 1 aromatic rings. The van der Waals surface area contributed by atoms with Crippen molar-refractivity contribution < 1.29 is 13.6 Å². The first kappa shape index (κ1) is 13.7. The molecule has 0 aromatic heterocycles. The van der Waals surface area contributed by atoms with E-state index in [0.717, 1.165) is 19.2 Å². The second-order valence-corrected chi connectivity index (χ2v) is 4.53. The van der Waals surface area contributed by atoms with E-state index in [9.17, 15) is 13.6 Å². The number of carbonyl (C=O) groups is 1. The minimum absolute atomic E-state index is 0.136. The molecule has 5 heteroatoms. The fourth-order valence-corrected chi connectivity index (χ4v) is 2.05. The monoisotopic (exact) mass is 266 g/mol. The number of rotatable bonds is 2. The summed E-state index contributed by atoms with van der Waals surface area (Å²) in [5, 5.41) is 3.15. The van der Waals surface area contributed by atoms with E-state index in [1.54, 1.807) is 11.8 Å². The summed E-state index contributed by atoms with van der Waals surface area (Å²) in [5.74, 6) is -1.41. The molecule has 1 aromatic carbocycles. The van der Waals surface area contributed by atoms with E-state index in [2.05, 4.69) is 5.32 Å². The Morgan fingerprint density at radius 3 is 2.63 bits per heavy atom. The fraction of sp³-hybridized carbons (Fsp3) is 0.357. The maximum absolute atomic E-state index is 13.6. The number of hydrogen-bond acceptors (Lipinski definition) is 2. The summed E-state index contributed by atoms with van der Waals surface area (Å²) in [6, 6.07) is 3.36. The van der Waals surface area contributed by atoms with Crippen LogP contribution in [-0.4, -0.2) is 37.0 Å². The highest BCUT2D eigenvalue weighted by Crippen LogP contribution is 2.19. The van der Waals surface area contributed by atoms with Crippen molar-refractivity contribution in [2.75, 3.05) is 26.2 Å². The lowest BCUT2D eigenvalue weighted by Crippen LogP contribution is -2.45. The van der Waals surface area contributed by atoms with Crippen LogP contribution in [0.3, 0.4) is 0 Å². The van der Waals surface area contributed by atoms with Crippen molar-refractivity contribution in [1.82, 2.24) is 10.2 Å². The number of halogens is 2. The molecule has 1 fully saturated rings. The Kier molecular flexibility index (Phi) is 4.27. The van der Waals surface area contributed by atoms with Crippen LogP contribution in [-0.2, 0) is 4.79 Å². The highest BCUT2D eigenvalue weighted by atomic mass is 19.1. The summed E-state index contributed by atoms with van der Waals surface area (Å²) in [4.78, 5) is 13.7. The van der Waals surface area contributed by atoms with E-state index in [4.69, 9.17) is 0 Å². The van der Waals surface area contributed by atoms with Gasteiger partial charge in [0.05, 0.1) is 0 Å². The Morgan fingerprint density at radius 1 is 1.32 bits per heavy atom. The van der Waals surface area contributed by atoms with Crippen LogP contribution in [0.1, 0.15) is 12.5 Å². The molecule has 1 saturated heterocycles. The molecule has 0 atom stereocenters. The molecule has 1 amide bonds. The van der Waals surface area contributed by atoms with Gasteiger partial charge in [-0.3, -0.25) is 4.79 Å². The molecule has 1 heterocycles. The number of hydrogen-bond donors (Lipinski definition) is 1. The molecule has 0 bridgehead atoms. The molecule has 1 N–H and O–H groups in total. The van der Waals surface area contributed by atoms with Crippen LogP contribution in [0.4, 0.5) is 8.78 Å². The molecular formula is C14H16F2N2O. The molecule has 0 unspecified atom stereocenters. The van der Waals surface area contributed by atoms with E-state index in [1.807, 2.05) is 0 Å². The van der Waals surface area contributed by atoms with Gasteiger partial charge in [-0.05, 0) is 24.6 Å². The summed E-state index contributed by atoms with van der Waals surface area (Å²) in [7, 11) is 0. The van der Waals surface area contributed by atoms with Gasteiger partial charge < -0.3 is 10.2 Å². The number of nitrogens with zero attached hydrogens (tertiary/aromatic N) is 1. The van der Waals surface area contributed by atoms with Gasteiger partial charge in [0.15, 0.2) is 0 Å². The summed E-state index contributed by atoms with van der Waals surface area (Å²) in [6.45, 7) is 4.48. The zero-order valence-electron chi connectivity index (χ0n) is 10.7. The van der Waals surface area contributed by atoms with Gasteiger partial charge in [0.2, 0.25) is 5.91 Å². The third-order valence-electron chi connectivity index (χ3n) is 3.12. The van der Waals surface area contributed by atoms with Crippen molar-refractivity contribution in [3.05, 3.63) is 41.5 Å². The Morgan fingerprint density at radius 2 is 2.00 bits per heavy atom. The van der Waals surface area contributed by atoms with Gasteiger partial charge in [0.25, 0.3) is 0 Å². The average Bonchev–Trinajstić information content (AvgIpc) is 2.39. The number of benzene rings is 1. The van der Waals surface area contributed by atoms with Crippen molar-refractivity contribution in [2.24, 2.45) is 0 Å². The van der Waals surface area contributed by atoms with Crippen LogP contribution in [0.2, 0.25) is 0 Å². The predicted octanol–water partition coefficient (Wildman–Crippen LogP) is 1.80. The minimum atomic E-state index is -0.651. The maximum atomic E-state index is 13.6. The molecule has 1 aliphatic rings. The van der Waals surface area contributed by atoms with Crippen molar-refractivity contribution in [2.45, 2.75) is 6.92 Å². The lowest BCUT2D eigenvalue weighted by Gasteiger charge is -2.26. The quantitative estimate of drug-likeness (QED) is 0.828. The minimum Gasteiger partial charge on any atom is -0.337 e. The molecule has 0 aliphatic carbocycles. The zero-order chi connectivity index (χ0) is 13.8. The molecule has 0 saturated carbocycles. The van der Waals surface area contributed by atoms with Crippen LogP contribution >= 0.6 is 0 Å². The first-order valence-corrected chi connectivity index (χ1v) is 6.21. The van der Waals surface area contributed by atoms with E-state index in [1.165, 1.54) is 18.2 Å². The highest BCUT2D eigenvalue weighted by Gasteiger charge is 2.15. The Labute approximate surface area is 110 Å². The normalized spacial score (nSPS) is 16.6. The van der Waals surface area contributed by atoms with Gasteiger partial charge in [0, 0.05) is 43.9 Å². The van der Waals surface area contributed by atoms with Crippen LogP contribution in [0, 0.1) is 11.6 Å². The van der Waals surface area contributed by atoms with E-state index < -0.39 is 11.6 Å². The van der Waals surface area contributed by atoms with Gasteiger partial charge in [-0.1, -0.05) is 0 Å². The summed E-state index contributed by atoms with van der Waals surface area (Å²) in [6.07, 6.45) is 1.40. The smallest absolute Gasteiger partial charge is 0.246 e. The first-order valence-electron chi connectivity index (χ1n) is 6.21. The summed E-state index contributed by atoms with van der Waals surface area (Å²) >= 11 is 0. The van der Waals surface area contributed by atoms with E-state index in [0.29, 0.717) is 18.7 Å². The van der Waals surface area contributed by atoms with Crippen molar-refractivity contribution in [1.29, 1.82) is 0 Å². The number of nitrogens with one attached hydrogen (secondary N) is 1. The van der Waals surface area contributed by atoms with Gasteiger partial charge in [-0.15, -0.1) is 0 Å². The molecule has 102 valence electrons. The molecule has 1 aliphatic heterocycles. The molecule has 19 heavy (non-hydrogen) atoms. The van der Waals surface area contributed by atoms with Crippen LogP contribution in [0.25, 0.3) is 5.57 Å². The Balaban J connectivity index is 2.15. The topological polar surface area (TPSA) is 32.3 Å². The van der Waals surface area contributed by atoms with Crippen molar-refractivity contribution in [3.8, 4) is 0 Å². The van der Waals surface area contributed by atoms with Gasteiger partial charge >= 0.3 is 0 Å². The lowest BCUT2D eigenvalue weighted by molar-refractivity contribution is -0.126. The lowest BCUT2D eigenvalue weighted by atomic mass is 10.1. The number of allylic oxidation sites excluding steroid dienone is 1. The Hall–Kier alpha value is -1.75. The SMILES string of the molecule is C/C(=C/C(=O)N1CCNCC1)c1ccc(F)cc1F. The highest BCUT2D eigenvalue weighted by molar-refractivity contribution is 5.95. The predicted molar refractivity (Wildman–Crippen MR) is 69.5 cm³/mol. The zero-order valence-corrected chi connectivity index (χ0v) is 10.7. The van der Waals surface area contributed by atoms with E-state index >= 15 is 0 Å². The van der Waals surface area contributed by atoms with Gasteiger partial charge in [-0.2, -0.15) is 0 Å². The second-order valence-electron chi connectivity index (χ2n) is 4.53. The van der Waals surface area contributed by atoms with Gasteiger partial charge in [0.1, 0.15) is 11.6 Å². The fourth-order valence-electron chi connectivity index (χ4n) is 2.05. The number of amides is 1. The summed E-state index contributed by atoms with van der Waals surface area (Å²) < 4.78 is 26.4. The van der Waals surface area contributed by atoms with Crippen LogP contribution in [0.5, 0.6) is 0 Å². The maximum Gasteiger partial charge on any atom is 0.246 e. The molecular weight excluding hydrogens is 250 g/mol. The van der Waals surface area contributed by atoms with Crippen LogP contribution < -0.4 is 5.32 Å². The average molecular weight is 266 g/mol. The molecule has 0 spiro atoms. The van der Waals surface area contributed by atoms with E-state index in [-0.39, 0.29) is 11.5 Å². The summed E-state index contributed by atoms with van der Waals surface area (Å²) in [5.41, 5.74) is 0.755. The number of piperazine rings is 1. The molecule has 0 radical (unpaired) electrons. The molecule has 2 rings (SSSR count). The second kappa shape index (κ2) is 5.93. The van der Waals surface area contributed by atoms with Crippen molar-refractivity contribution in [3.63, 3.8) is 0 Å². The third kappa shape index (κ3) is 3.38. The van der Waals surface area contributed by atoms with Crippen molar-refractivity contribution >= 4 is 11.5 Å². The van der Waals surface area contributed by atoms with Gasteiger partial charge in [-0.25, -0.2) is 8.78 Å². The number of carbonyl (C=O) groups excluding carboxylic acids is 1. The standard InChI is InChI=1S/C14H16F2N2O/c1-10(12-3-2-11(15)9-13(12)16)8-14(19)18-6-4-17-5-7-18/h2-3,8-9,17H,4-7H2,1H3/b10-8-. The first-order chi connectivity index (χ1) is 9.08. The Bertz CT molecular complexity index is 508. The van der Waals surface area contributed by atoms with Crippen LogP contribution in [0.15, 0.2) is 24.3 Å².